The summed E-state index contributed by atoms with van der Waals surface area (Å²) in [6.45, 7) is 2.38. The number of likely N-dealkylation sites (tertiary alicyclic amines) is 1. The number of Topliss-reactive ketones (excluding diaryl/α,β-unsaturated/α-hetero) is 1. The maximum atomic E-state index is 12.9. The fourth-order valence-electron chi connectivity index (χ4n) is 4.35. The lowest BCUT2D eigenvalue weighted by molar-refractivity contribution is -0.0283. The molecule has 4 heteroatoms. The van der Waals surface area contributed by atoms with E-state index in [-0.39, 0.29) is 11.7 Å². The van der Waals surface area contributed by atoms with Gasteiger partial charge in [-0.15, -0.1) is 0 Å². The molecule has 2 aromatic carbocycles. The highest BCUT2D eigenvalue weighted by molar-refractivity contribution is 6.34. The lowest BCUT2D eigenvalue weighted by atomic mass is 9.81. The molecule has 1 unspecified atom stereocenters. The van der Waals surface area contributed by atoms with Gasteiger partial charge in [0, 0.05) is 31.1 Å². The number of halogens is 1. The Hall–Kier alpha value is -1.68. The summed E-state index contributed by atoms with van der Waals surface area (Å²) in [4.78, 5) is 15.2. The van der Waals surface area contributed by atoms with Crippen molar-refractivity contribution in [3.8, 4) is 0 Å². The van der Waals surface area contributed by atoms with Gasteiger partial charge >= 0.3 is 0 Å². The van der Waals surface area contributed by atoms with E-state index in [0.29, 0.717) is 17.9 Å². The normalized spacial score (nSPS) is 22.8. The average Bonchev–Trinajstić information content (AvgIpc) is 2.67. The molecule has 2 aromatic rings. The van der Waals surface area contributed by atoms with E-state index in [9.17, 15) is 9.90 Å². The van der Waals surface area contributed by atoms with Gasteiger partial charge in [0.25, 0.3) is 0 Å². The van der Waals surface area contributed by atoms with Crippen LogP contribution in [-0.4, -0.2) is 35.4 Å². The van der Waals surface area contributed by atoms with Crippen LogP contribution in [-0.2, 0) is 12.0 Å². The number of hydrogen-bond acceptors (Lipinski definition) is 3. The summed E-state index contributed by atoms with van der Waals surface area (Å²) in [7, 11) is 0. The number of ketones is 1. The first-order valence-electron chi connectivity index (χ1n) is 9.39. The molecule has 0 aromatic heterocycles. The summed E-state index contributed by atoms with van der Waals surface area (Å²) in [5.41, 5.74) is 2.05. The van der Waals surface area contributed by atoms with Crippen LogP contribution in [0.25, 0.3) is 0 Å². The second-order valence-corrected chi connectivity index (χ2v) is 7.98. The molecule has 4 rings (SSSR count). The quantitative estimate of drug-likeness (QED) is 0.886. The fraction of sp³-hybridized carbons (Fsp3) is 0.409. The smallest absolute Gasteiger partial charge is 0.169 e. The highest BCUT2D eigenvalue weighted by Gasteiger charge is 2.36. The van der Waals surface area contributed by atoms with E-state index >= 15 is 0 Å². The van der Waals surface area contributed by atoms with Crippen molar-refractivity contribution in [2.45, 2.75) is 31.3 Å². The Bertz CT molecular complexity index is 797. The monoisotopic (exact) mass is 369 g/mol. The van der Waals surface area contributed by atoms with Crippen LogP contribution in [0.1, 0.15) is 40.7 Å². The summed E-state index contributed by atoms with van der Waals surface area (Å²) < 4.78 is 0. The summed E-state index contributed by atoms with van der Waals surface area (Å²) in [5, 5.41) is 11.6. The fourth-order valence-corrected chi connectivity index (χ4v) is 4.63. The Morgan fingerprint density at radius 1 is 1.08 bits per heavy atom. The molecule has 2 aliphatic rings. The molecule has 1 atom stereocenters. The van der Waals surface area contributed by atoms with Gasteiger partial charge in [-0.1, -0.05) is 54.1 Å². The number of piperidine rings is 1. The molecule has 1 N–H and O–H groups in total. The number of aliphatic hydroxyl groups is 1. The number of rotatable bonds is 3. The zero-order valence-electron chi connectivity index (χ0n) is 14.8. The first-order valence-corrected chi connectivity index (χ1v) is 9.76. The van der Waals surface area contributed by atoms with Crippen molar-refractivity contribution < 1.29 is 9.90 Å². The minimum Gasteiger partial charge on any atom is -0.385 e. The second kappa shape index (κ2) is 7.15. The van der Waals surface area contributed by atoms with E-state index in [0.717, 1.165) is 49.2 Å². The van der Waals surface area contributed by atoms with Gasteiger partial charge in [-0.25, -0.2) is 0 Å². The van der Waals surface area contributed by atoms with Gasteiger partial charge in [0.1, 0.15) is 0 Å². The van der Waals surface area contributed by atoms with E-state index in [1.165, 1.54) is 0 Å². The van der Waals surface area contributed by atoms with Crippen LogP contribution in [0.2, 0.25) is 5.02 Å². The molecule has 0 bridgehead atoms. The molecule has 1 heterocycles. The Morgan fingerprint density at radius 3 is 2.54 bits per heavy atom. The SMILES string of the molecule is O=C1c2c(Cl)cccc2CCC1CN1CCC(O)(c2ccccc2)CC1. The average molecular weight is 370 g/mol. The van der Waals surface area contributed by atoms with Gasteiger partial charge in [-0.05, 0) is 42.9 Å². The topological polar surface area (TPSA) is 40.5 Å². The number of fused-ring (bicyclic) bond motifs is 1. The third-order valence-electron chi connectivity index (χ3n) is 5.95. The molecule has 0 amide bonds. The molecule has 0 saturated carbocycles. The van der Waals surface area contributed by atoms with Crippen LogP contribution in [0.5, 0.6) is 0 Å². The molecule has 26 heavy (non-hydrogen) atoms. The van der Waals surface area contributed by atoms with Crippen molar-refractivity contribution >= 4 is 17.4 Å². The van der Waals surface area contributed by atoms with Crippen LogP contribution < -0.4 is 0 Å². The Balaban J connectivity index is 1.41. The van der Waals surface area contributed by atoms with E-state index in [1.54, 1.807) is 0 Å². The van der Waals surface area contributed by atoms with Gasteiger partial charge < -0.3 is 10.0 Å². The molecule has 3 nitrogen and oxygen atoms in total. The molecular weight excluding hydrogens is 346 g/mol. The van der Waals surface area contributed by atoms with Crippen molar-refractivity contribution in [1.82, 2.24) is 4.90 Å². The second-order valence-electron chi connectivity index (χ2n) is 7.57. The summed E-state index contributed by atoms with van der Waals surface area (Å²) in [6.07, 6.45) is 3.20. The Morgan fingerprint density at radius 2 is 1.81 bits per heavy atom. The van der Waals surface area contributed by atoms with E-state index < -0.39 is 5.60 Å². The standard InChI is InChI=1S/C22H24ClNO2/c23-19-8-4-5-16-9-10-17(21(25)20(16)19)15-24-13-11-22(26,12-14-24)18-6-2-1-3-7-18/h1-8,17,26H,9-15H2. The largest absolute Gasteiger partial charge is 0.385 e. The van der Waals surface area contributed by atoms with Gasteiger partial charge in [-0.3, -0.25) is 4.79 Å². The van der Waals surface area contributed by atoms with Crippen molar-refractivity contribution in [3.05, 3.63) is 70.2 Å². The first-order chi connectivity index (χ1) is 12.6. The zero-order chi connectivity index (χ0) is 18.1. The number of carbonyl (C=O) groups is 1. The van der Waals surface area contributed by atoms with Gasteiger partial charge in [0.15, 0.2) is 5.78 Å². The van der Waals surface area contributed by atoms with Crippen LogP contribution in [0.15, 0.2) is 48.5 Å². The van der Waals surface area contributed by atoms with Crippen molar-refractivity contribution in [1.29, 1.82) is 0 Å². The summed E-state index contributed by atoms with van der Waals surface area (Å²) >= 11 is 6.28. The molecule has 0 spiro atoms. The van der Waals surface area contributed by atoms with E-state index in [4.69, 9.17) is 11.6 Å². The number of nitrogens with zero attached hydrogens (tertiary/aromatic N) is 1. The molecule has 1 saturated heterocycles. The van der Waals surface area contributed by atoms with Gasteiger partial charge in [-0.2, -0.15) is 0 Å². The Kier molecular flexibility index (Phi) is 4.87. The highest BCUT2D eigenvalue weighted by atomic mass is 35.5. The number of carbonyl (C=O) groups excluding carboxylic acids is 1. The molecule has 136 valence electrons. The van der Waals surface area contributed by atoms with Crippen LogP contribution in [0, 0.1) is 5.92 Å². The number of benzene rings is 2. The molecule has 1 aliphatic heterocycles. The minimum atomic E-state index is -0.746. The number of hydrogen-bond donors (Lipinski definition) is 1. The number of aryl methyl sites for hydroxylation is 1. The predicted molar refractivity (Wildman–Crippen MR) is 104 cm³/mol. The molecule has 1 fully saturated rings. The molecule has 0 radical (unpaired) electrons. The highest BCUT2D eigenvalue weighted by Crippen LogP contribution is 2.35. The van der Waals surface area contributed by atoms with Crippen LogP contribution in [0.3, 0.4) is 0 Å². The van der Waals surface area contributed by atoms with Crippen LogP contribution >= 0.6 is 11.6 Å². The third-order valence-corrected chi connectivity index (χ3v) is 6.27. The first kappa shape index (κ1) is 17.7. The molecular formula is C22H24ClNO2. The van der Waals surface area contributed by atoms with E-state index in [1.807, 2.05) is 48.5 Å². The summed E-state index contributed by atoms with van der Waals surface area (Å²) in [5.74, 6) is 0.186. The maximum Gasteiger partial charge on any atom is 0.169 e. The summed E-state index contributed by atoms with van der Waals surface area (Å²) in [6, 6.07) is 15.7. The zero-order valence-corrected chi connectivity index (χ0v) is 15.6. The van der Waals surface area contributed by atoms with Crippen LogP contribution in [0.4, 0.5) is 0 Å². The maximum absolute atomic E-state index is 12.9. The third kappa shape index (κ3) is 3.32. The van der Waals surface area contributed by atoms with E-state index in [2.05, 4.69) is 4.90 Å². The van der Waals surface area contributed by atoms with Crippen molar-refractivity contribution in [3.63, 3.8) is 0 Å². The Labute approximate surface area is 159 Å². The molecule has 1 aliphatic carbocycles. The van der Waals surface area contributed by atoms with Gasteiger partial charge in [0.05, 0.1) is 10.6 Å². The van der Waals surface area contributed by atoms with Gasteiger partial charge in [0.2, 0.25) is 0 Å². The lowest BCUT2D eigenvalue weighted by Crippen LogP contribution is -2.45. The lowest BCUT2D eigenvalue weighted by Gasteiger charge is -2.40. The minimum absolute atomic E-state index is 0.00492. The van der Waals surface area contributed by atoms with Crippen molar-refractivity contribution in [2.24, 2.45) is 5.92 Å². The van der Waals surface area contributed by atoms with Crippen molar-refractivity contribution in [2.75, 3.05) is 19.6 Å². The predicted octanol–water partition coefficient (Wildman–Crippen LogP) is 4.07.